The first-order valence-corrected chi connectivity index (χ1v) is 6.77. The zero-order valence-electron chi connectivity index (χ0n) is 12.2. The monoisotopic (exact) mass is 298 g/mol. The standard InChI is InChI=1S/C15H22N2O2.ClH/c1-10(2)19-13-6-4-12(5-7-13)11(3)17-14(18)15(16)8-9-15;/h4-7,10-11H,8-9,16H2,1-3H3,(H,17,18);1H. The predicted molar refractivity (Wildman–Crippen MR) is 82.2 cm³/mol. The van der Waals surface area contributed by atoms with Crippen LogP contribution in [0.4, 0.5) is 0 Å². The van der Waals surface area contributed by atoms with Crippen LogP contribution in [-0.2, 0) is 4.79 Å². The molecule has 0 saturated heterocycles. The molecule has 0 aliphatic heterocycles. The highest BCUT2D eigenvalue weighted by Crippen LogP contribution is 2.33. The molecule has 4 nitrogen and oxygen atoms in total. The summed E-state index contributed by atoms with van der Waals surface area (Å²) in [7, 11) is 0. The van der Waals surface area contributed by atoms with Crippen molar-refractivity contribution in [3.8, 4) is 5.75 Å². The van der Waals surface area contributed by atoms with Gasteiger partial charge in [-0.25, -0.2) is 0 Å². The first kappa shape index (κ1) is 16.8. The molecule has 20 heavy (non-hydrogen) atoms. The Balaban J connectivity index is 0.00000200. The average Bonchev–Trinajstić information content (AvgIpc) is 3.09. The van der Waals surface area contributed by atoms with E-state index in [1.165, 1.54) is 0 Å². The number of ether oxygens (including phenoxy) is 1. The fraction of sp³-hybridized carbons (Fsp3) is 0.533. The maximum Gasteiger partial charge on any atom is 0.240 e. The number of hydrogen-bond acceptors (Lipinski definition) is 3. The fourth-order valence-electron chi connectivity index (χ4n) is 1.89. The zero-order valence-corrected chi connectivity index (χ0v) is 13.0. The number of rotatable bonds is 5. The highest BCUT2D eigenvalue weighted by atomic mass is 35.5. The van der Waals surface area contributed by atoms with Crippen molar-refractivity contribution in [2.45, 2.75) is 51.3 Å². The molecule has 1 atom stereocenters. The van der Waals surface area contributed by atoms with Crippen molar-refractivity contribution in [3.63, 3.8) is 0 Å². The van der Waals surface area contributed by atoms with E-state index in [0.29, 0.717) is 0 Å². The molecule has 3 N–H and O–H groups in total. The minimum Gasteiger partial charge on any atom is -0.491 e. The Morgan fingerprint density at radius 3 is 2.25 bits per heavy atom. The van der Waals surface area contributed by atoms with Gasteiger partial charge in [-0.1, -0.05) is 12.1 Å². The van der Waals surface area contributed by atoms with Gasteiger partial charge in [0.15, 0.2) is 0 Å². The topological polar surface area (TPSA) is 64.3 Å². The molecule has 1 aliphatic carbocycles. The Morgan fingerprint density at radius 2 is 1.80 bits per heavy atom. The fourth-order valence-corrected chi connectivity index (χ4v) is 1.89. The molecular weight excluding hydrogens is 276 g/mol. The minimum absolute atomic E-state index is 0. The molecule has 5 heteroatoms. The lowest BCUT2D eigenvalue weighted by molar-refractivity contribution is -0.123. The summed E-state index contributed by atoms with van der Waals surface area (Å²) in [5, 5.41) is 2.95. The summed E-state index contributed by atoms with van der Waals surface area (Å²) < 4.78 is 5.59. The van der Waals surface area contributed by atoms with Crippen LogP contribution in [0.5, 0.6) is 5.75 Å². The van der Waals surface area contributed by atoms with Gasteiger partial charge in [0.05, 0.1) is 17.7 Å². The quantitative estimate of drug-likeness (QED) is 0.878. The maximum atomic E-state index is 11.9. The number of nitrogens with two attached hydrogens (primary N) is 1. The Hall–Kier alpha value is -1.26. The van der Waals surface area contributed by atoms with E-state index < -0.39 is 5.54 Å². The number of carbonyl (C=O) groups is 1. The van der Waals surface area contributed by atoms with Crippen molar-refractivity contribution in [2.75, 3.05) is 0 Å². The molecule has 1 unspecified atom stereocenters. The highest BCUT2D eigenvalue weighted by molar-refractivity contribution is 5.89. The Kier molecular flexibility index (Phi) is 5.42. The van der Waals surface area contributed by atoms with E-state index in [4.69, 9.17) is 10.5 Å². The second-order valence-corrected chi connectivity index (χ2v) is 5.59. The molecule has 1 aliphatic rings. The molecule has 112 valence electrons. The normalized spacial score (nSPS) is 17.1. The largest absolute Gasteiger partial charge is 0.491 e. The second-order valence-electron chi connectivity index (χ2n) is 5.59. The van der Waals surface area contributed by atoms with Crippen molar-refractivity contribution < 1.29 is 9.53 Å². The molecule has 1 aromatic rings. The van der Waals surface area contributed by atoms with Gasteiger partial charge in [-0.3, -0.25) is 4.79 Å². The third-order valence-corrected chi connectivity index (χ3v) is 3.34. The molecule has 1 amide bonds. The van der Waals surface area contributed by atoms with Crippen LogP contribution >= 0.6 is 12.4 Å². The summed E-state index contributed by atoms with van der Waals surface area (Å²) in [5.41, 5.74) is 6.30. The summed E-state index contributed by atoms with van der Waals surface area (Å²) in [6, 6.07) is 7.75. The minimum atomic E-state index is -0.616. The molecule has 0 spiro atoms. The average molecular weight is 299 g/mol. The van der Waals surface area contributed by atoms with Crippen molar-refractivity contribution in [1.82, 2.24) is 5.32 Å². The molecular formula is C15H23ClN2O2. The van der Waals surface area contributed by atoms with Crippen LogP contribution in [0.25, 0.3) is 0 Å². The molecule has 1 fully saturated rings. The lowest BCUT2D eigenvalue weighted by Crippen LogP contribution is -2.43. The Labute approximate surface area is 126 Å². The van der Waals surface area contributed by atoms with E-state index in [2.05, 4.69) is 5.32 Å². The summed E-state index contributed by atoms with van der Waals surface area (Å²) in [4.78, 5) is 11.9. The van der Waals surface area contributed by atoms with Gasteiger partial charge < -0.3 is 15.8 Å². The van der Waals surface area contributed by atoms with Gasteiger partial charge in [0.1, 0.15) is 5.75 Å². The van der Waals surface area contributed by atoms with E-state index in [0.717, 1.165) is 24.2 Å². The number of halogens is 1. The van der Waals surface area contributed by atoms with Crippen LogP contribution in [-0.4, -0.2) is 17.6 Å². The van der Waals surface area contributed by atoms with Crippen molar-refractivity contribution >= 4 is 18.3 Å². The Morgan fingerprint density at radius 1 is 1.25 bits per heavy atom. The van der Waals surface area contributed by atoms with Gasteiger partial charge in [0, 0.05) is 0 Å². The smallest absolute Gasteiger partial charge is 0.240 e. The van der Waals surface area contributed by atoms with E-state index in [9.17, 15) is 4.79 Å². The molecule has 0 bridgehead atoms. The van der Waals surface area contributed by atoms with Crippen LogP contribution in [0.3, 0.4) is 0 Å². The summed E-state index contributed by atoms with van der Waals surface area (Å²) in [5.74, 6) is 0.789. The lowest BCUT2D eigenvalue weighted by atomic mass is 10.1. The van der Waals surface area contributed by atoms with Gasteiger partial charge in [0.2, 0.25) is 5.91 Å². The zero-order chi connectivity index (χ0) is 14.0. The first-order valence-electron chi connectivity index (χ1n) is 6.77. The third-order valence-electron chi connectivity index (χ3n) is 3.34. The molecule has 0 radical (unpaired) electrons. The molecule has 1 aromatic carbocycles. The van der Waals surface area contributed by atoms with Gasteiger partial charge in [-0.05, 0) is 51.3 Å². The number of benzene rings is 1. The van der Waals surface area contributed by atoms with Crippen molar-refractivity contribution in [2.24, 2.45) is 5.73 Å². The number of hydrogen-bond donors (Lipinski definition) is 2. The summed E-state index contributed by atoms with van der Waals surface area (Å²) in [6.07, 6.45) is 1.73. The second kappa shape index (κ2) is 6.46. The van der Waals surface area contributed by atoms with Gasteiger partial charge >= 0.3 is 0 Å². The number of amides is 1. The highest BCUT2D eigenvalue weighted by Gasteiger charge is 2.46. The maximum absolute atomic E-state index is 11.9. The SMILES string of the molecule is CC(C)Oc1ccc(C(C)NC(=O)C2(N)CC2)cc1.Cl. The lowest BCUT2D eigenvalue weighted by Gasteiger charge is -2.18. The van der Waals surface area contributed by atoms with Crippen LogP contribution in [0.2, 0.25) is 0 Å². The van der Waals surface area contributed by atoms with Crippen LogP contribution in [0.15, 0.2) is 24.3 Å². The van der Waals surface area contributed by atoms with Crippen molar-refractivity contribution in [3.05, 3.63) is 29.8 Å². The van der Waals surface area contributed by atoms with Gasteiger partial charge in [-0.2, -0.15) is 0 Å². The predicted octanol–water partition coefficient (Wildman–Crippen LogP) is 2.56. The summed E-state index contributed by atoms with van der Waals surface area (Å²) >= 11 is 0. The third kappa shape index (κ3) is 4.12. The van der Waals surface area contributed by atoms with Crippen LogP contribution < -0.4 is 15.8 Å². The molecule has 0 aromatic heterocycles. The summed E-state index contributed by atoms with van der Waals surface area (Å²) in [6.45, 7) is 5.95. The number of carbonyl (C=O) groups excluding carboxylic acids is 1. The van der Waals surface area contributed by atoms with Gasteiger partial charge in [-0.15, -0.1) is 12.4 Å². The molecule has 2 rings (SSSR count). The van der Waals surface area contributed by atoms with Crippen LogP contribution in [0, 0.1) is 0 Å². The van der Waals surface area contributed by atoms with E-state index in [1.54, 1.807) is 0 Å². The van der Waals surface area contributed by atoms with E-state index >= 15 is 0 Å². The van der Waals surface area contributed by atoms with Gasteiger partial charge in [0.25, 0.3) is 0 Å². The Bertz CT molecular complexity index is 455. The molecule has 1 saturated carbocycles. The molecule has 0 heterocycles. The van der Waals surface area contributed by atoms with Crippen LogP contribution in [0.1, 0.15) is 45.2 Å². The van der Waals surface area contributed by atoms with E-state index in [1.807, 2.05) is 45.0 Å². The van der Waals surface area contributed by atoms with Crippen molar-refractivity contribution in [1.29, 1.82) is 0 Å². The van der Waals surface area contributed by atoms with E-state index in [-0.39, 0.29) is 30.5 Å². The first-order chi connectivity index (χ1) is 8.90. The number of nitrogens with one attached hydrogen (secondary N) is 1.